The van der Waals surface area contributed by atoms with Crippen LogP contribution in [0.1, 0.15) is 11.6 Å². The minimum atomic E-state index is -3.77. The van der Waals surface area contributed by atoms with Crippen LogP contribution in [0.3, 0.4) is 0 Å². The molecule has 1 aromatic heterocycles. The molecule has 6 nitrogen and oxygen atoms in total. The van der Waals surface area contributed by atoms with Crippen molar-refractivity contribution >= 4 is 10.0 Å². The summed E-state index contributed by atoms with van der Waals surface area (Å²) in [6.07, 6.45) is 1.06. The first-order valence-electron chi connectivity index (χ1n) is 3.98. The van der Waals surface area contributed by atoms with E-state index >= 15 is 0 Å². The van der Waals surface area contributed by atoms with Gasteiger partial charge in [0, 0.05) is 6.20 Å². The molecular formula is C8H9N3O3S. The van der Waals surface area contributed by atoms with Gasteiger partial charge in [0.15, 0.2) is 0 Å². The van der Waals surface area contributed by atoms with Gasteiger partial charge < -0.3 is 5.11 Å². The van der Waals surface area contributed by atoms with Crippen LogP contribution in [0.5, 0.6) is 0 Å². The van der Waals surface area contributed by atoms with Crippen LogP contribution >= 0.6 is 0 Å². The van der Waals surface area contributed by atoms with Crippen molar-refractivity contribution < 1.29 is 13.5 Å². The monoisotopic (exact) mass is 227 g/mol. The van der Waals surface area contributed by atoms with E-state index in [-0.39, 0.29) is 11.5 Å². The number of hydrogen-bond donors (Lipinski definition) is 2. The molecule has 0 spiro atoms. The molecule has 0 bridgehead atoms. The minimum absolute atomic E-state index is 0.124. The number of primary sulfonamides is 1. The Morgan fingerprint density at radius 1 is 1.60 bits per heavy atom. The Morgan fingerprint density at radius 3 is 2.60 bits per heavy atom. The topological polar surface area (TPSA) is 117 Å². The molecule has 80 valence electrons. The van der Waals surface area contributed by atoms with Crippen LogP contribution in [0.15, 0.2) is 23.2 Å². The summed E-state index contributed by atoms with van der Waals surface area (Å²) in [7, 11) is -3.77. The molecule has 1 rings (SSSR count). The molecule has 0 amide bonds. The lowest BCUT2D eigenvalue weighted by atomic mass is 10.1. The molecule has 0 aliphatic carbocycles. The van der Waals surface area contributed by atoms with Crippen molar-refractivity contribution in [1.82, 2.24) is 4.98 Å². The fourth-order valence-electron chi connectivity index (χ4n) is 0.967. The number of nitrogens with zero attached hydrogens (tertiary/aromatic N) is 2. The minimum Gasteiger partial charge on any atom is -0.395 e. The fourth-order valence-corrected chi connectivity index (χ4v) is 1.42. The SMILES string of the molecule is N#CC(CO)c1ccc(S(N)(=O)=O)cn1. The summed E-state index contributed by atoms with van der Waals surface area (Å²) in [4.78, 5) is 3.62. The van der Waals surface area contributed by atoms with Gasteiger partial charge in [-0.25, -0.2) is 13.6 Å². The number of pyridine rings is 1. The smallest absolute Gasteiger partial charge is 0.239 e. The van der Waals surface area contributed by atoms with E-state index in [9.17, 15) is 8.42 Å². The molecule has 7 heteroatoms. The number of nitriles is 1. The second-order valence-electron chi connectivity index (χ2n) is 2.83. The summed E-state index contributed by atoms with van der Waals surface area (Å²) in [5, 5.41) is 22.3. The van der Waals surface area contributed by atoms with Crippen LogP contribution < -0.4 is 5.14 Å². The summed E-state index contributed by atoms with van der Waals surface area (Å²) in [6, 6.07) is 4.43. The lowest BCUT2D eigenvalue weighted by molar-refractivity contribution is 0.284. The summed E-state index contributed by atoms with van der Waals surface area (Å²) < 4.78 is 21.8. The second-order valence-corrected chi connectivity index (χ2v) is 4.39. The van der Waals surface area contributed by atoms with E-state index in [0.29, 0.717) is 5.69 Å². The maximum absolute atomic E-state index is 10.9. The quantitative estimate of drug-likeness (QED) is 0.710. The van der Waals surface area contributed by atoms with Crippen molar-refractivity contribution in [2.45, 2.75) is 10.8 Å². The first-order valence-corrected chi connectivity index (χ1v) is 5.53. The fraction of sp³-hybridized carbons (Fsp3) is 0.250. The summed E-state index contributed by atoms with van der Waals surface area (Å²) in [5.74, 6) is -0.750. The average Bonchev–Trinajstić information content (AvgIpc) is 2.19. The van der Waals surface area contributed by atoms with Gasteiger partial charge in [0.2, 0.25) is 10.0 Å². The van der Waals surface area contributed by atoms with Crippen molar-refractivity contribution in [2.24, 2.45) is 5.14 Å². The van der Waals surface area contributed by atoms with Gasteiger partial charge in [-0.15, -0.1) is 0 Å². The van der Waals surface area contributed by atoms with Gasteiger partial charge in [0.1, 0.15) is 10.8 Å². The molecule has 1 aromatic rings. The Labute approximate surface area is 87.0 Å². The van der Waals surface area contributed by atoms with Gasteiger partial charge in [-0.05, 0) is 12.1 Å². The molecule has 0 aliphatic heterocycles. The van der Waals surface area contributed by atoms with Gasteiger partial charge in [-0.2, -0.15) is 5.26 Å². The first-order chi connectivity index (χ1) is 6.99. The van der Waals surface area contributed by atoms with Crippen LogP contribution in [-0.2, 0) is 10.0 Å². The molecule has 1 heterocycles. The normalized spacial score (nSPS) is 13.1. The Hall–Kier alpha value is -1.49. The molecule has 0 fully saturated rings. The zero-order valence-electron chi connectivity index (χ0n) is 7.66. The van der Waals surface area contributed by atoms with Gasteiger partial charge in [0.25, 0.3) is 0 Å². The van der Waals surface area contributed by atoms with Crippen LogP contribution in [0.2, 0.25) is 0 Å². The molecule has 0 radical (unpaired) electrons. The third-order valence-corrected chi connectivity index (χ3v) is 2.68. The van der Waals surface area contributed by atoms with Crippen molar-refractivity contribution in [2.75, 3.05) is 6.61 Å². The molecule has 0 saturated carbocycles. The van der Waals surface area contributed by atoms with E-state index < -0.39 is 15.9 Å². The Balaban J connectivity index is 3.06. The zero-order valence-corrected chi connectivity index (χ0v) is 8.48. The second kappa shape index (κ2) is 4.35. The third-order valence-electron chi connectivity index (χ3n) is 1.78. The van der Waals surface area contributed by atoms with E-state index in [2.05, 4.69) is 4.98 Å². The van der Waals surface area contributed by atoms with Crippen molar-refractivity contribution in [1.29, 1.82) is 5.26 Å². The molecule has 3 N–H and O–H groups in total. The lowest BCUT2D eigenvalue weighted by Gasteiger charge is -2.04. The predicted molar refractivity (Wildman–Crippen MR) is 51.1 cm³/mol. The van der Waals surface area contributed by atoms with Gasteiger partial charge in [0.05, 0.1) is 18.4 Å². The number of hydrogen-bond acceptors (Lipinski definition) is 5. The van der Waals surface area contributed by atoms with Gasteiger partial charge >= 0.3 is 0 Å². The molecule has 15 heavy (non-hydrogen) atoms. The molecule has 0 aromatic carbocycles. The van der Waals surface area contributed by atoms with Crippen molar-refractivity contribution in [3.8, 4) is 6.07 Å². The van der Waals surface area contributed by atoms with E-state index in [1.54, 1.807) is 0 Å². The number of aliphatic hydroxyl groups excluding tert-OH is 1. The molecule has 0 aliphatic rings. The Bertz CT molecular complexity index is 475. The lowest BCUT2D eigenvalue weighted by Crippen LogP contribution is -2.13. The highest BCUT2D eigenvalue weighted by Crippen LogP contribution is 2.13. The number of nitrogens with two attached hydrogens (primary N) is 1. The van der Waals surface area contributed by atoms with Crippen LogP contribution in [-0.4, -0.2) is 25.1 Å². The number of sulfonamides is 1. The Morgan fingerprint density at radius 2 is 2.27 bits per heavy atom. The van der Waals surface area contributed by atoms with E-state index in [4.69, 9.17) is 15.5 Å². The van der Waals surface area contributed by atoms with Crippen molar-refractivity contribution in [3.63, 3.8) is 0 Å². The molecular weight excluding hydrogens is 218 g/mol. The van der Waals surface area contributed by atoms with Gasteiger partial charge in [-0.1, -0.05) is 0 Å². The van der Waals surface area contributed by atoms with Crippen LogP contribution in [0.4, 0.5) is 0 Å². The van der Waals surface area contributed by atoms with E-state index in [1.807, 2.05) is 6.07 Å². The van der Waals surface area contributed by atoms with Crippen LogP contribution in [0, 0.1) is 11.3 Å². The Kier molecular flexibility index (Phi) is 3.36. The third kappa shape index (κ3) is 2.73. The van der Waals surface area contributed by atoms with Crippen LogP contribution in [0.25, 0.3) is 0 Å². The highest BCUT2D eigenvalue weighted by Gasteiger charge is 2.13. The predicted octanol–water partition coefficient (Wildman–Crippen LogP) is -0.672. The average molecular weight is 227 g/mol. The number of rotatable bonds is 3. The first kappa shape index (κ1) is 11.6. The highest BCUT2D eigenvalue weighted by molar-refractivity contribution is 7.89. The van der Waals surface area contributed by atoms with Gasteiger partial charge in [-0.3, -0.25) is 4.98 Å². The number of aliphatic hydroxyl groups is 1. The zero-order chi connectivity index (χ0) is 11.5. The molecule has 0 saturated heterocycles. The molecule has 1 atom stereocenters. The van der Waals surface area contributed by atoms with E-state index in [1.165, 1.54) is 12.1 Å². The summed E-state index contributed by atoms with van der Waals surface area (Å²) >= 11 is 0. The maximum Gasteiger partial charge on any atom is 0.239 e. The highest BCUT2D eigenvalue weighted by atomic mass is 32.2. The molecule has 1 unspecified atom stereocenters. The standard InChI is InChI=1S/C8H9N3O3S/c9-3-6(5-12)8-2-1-7(4-11-8)15(10,13)14/h1-2,4,6,12H,5H2,(H2,10,13,14). The summed E-state index contributed by atoms with van der Waals surface area (Å²) in [6.45, 7) is -0.363. The number of aromatic nitrogens is 1. The maximum atomic E-state index is 10.9. The summed E-state index contributed by atoms with van der Waals surface area (Å²) in [5.41, 5.74) is 0.312. The largest absolute Gasteiger partial charge is 0.395 e. The van der Waals surface area contributed by atoms with Crippen molar-refractivity contribution in [3.05, 3.63) is 24.0 Å². The van der Waals surface area contributed by atoms with E-state index in [0.717, 1.165) is 6.20 Å².